The van der Waals surface area contributed by atoms with Gasteiger partial charge in [-0.3, -0.25) is 4.79 Å². The molecule has 2 aliphatic heterocycles. The van der Waals surface area contributed by atoms with Crippen LogP contribution in [0.4, 0.5) is 4.39 Å². The predicted molar refractivity (Wildman–Crippen MR) is 60.5 cm³/mol. The molecule has 0 bridgehead atoms. The maximum Gasteiger partial charge on any atom is 0.237 e. The normalized spacial score (nSPS) is 33.4. The van der Waals surface area contributed by atoms with E-state index in [1.165, 1.54) is 0 Å². The van der Waals surface area contributed by atoms with Crippen LogP contribution in [0.1, 0.15) is 12.8 Å². The molecule has 2 N–H and O–H groups in total. The van der Waals surface area contributed by atoms with Crippen molar-refractivity contribution >= 4 is 18.3 Å². The summed E-state index contributed by atoms with van der Waals surface area (Å²) in [7, 11) is 0. The summed E-state index contributed by atoms with van der Waals surface area (Å²) >= 11 is 0. The van der Waals surface area contributed by atoms with Crippen LogP contribution in [0, 0.1) is 5.92 Å². The molecule has 0 aliphatic carbocycles. The number of hydrogen-bond acceptors (Lipinski definition) is 3. The summed E-state index contributed by atoms with van der Waals surface area (Å²) in [6.45, 7) is 2.46. The van der Waals surface area contributed by atoms with Crippen LogP contribution in [0.3, 0.4) is 0 Å². The lowest BCUT2D eigenvalue weighted by atomic mass is 10.1. The zero-order valence-electron chi connectivity index (χ0n) is 9.08. The van der Waals surface area contributed by atoms with Gasteiger partial charge >= 0.3 is 0 Å². The summed E-state index contributed by atoms with van der Waals surface area (Å²) in [6, 6.07) is -0.345. The molecule has 94 valence electrons. The molecule has 0 aromatic carbocycles. The SMILES string of the molecule is Cl.O=C(NCC1CCOC1)[C@H]1C[C@H](F)CN1. The van der Waals surface area contributed by atoms with Gasteiger partial charge in [0.1, 0.15) is 6.17 Å². The molecule has 2 aliphatic rings. The highest BCUT2D eigenvalue weighted by Crippen LogP contribution is 2.12. The Morgan fingerprint density at radius 3 is 2.94 bits per heavy atom. The van der Waals surface area contributed by atoms with Gasteiger partial charge in [-0.05, 0) is 6.42 Å². The van der Waals surface area contributed by atoms with Gasteiger partial charge in [0.15, 0.2) is 0 Å². The Morgan fingerprint density at radius 2 is 2.38 bits per heavy atom. The van der Waals surface area contributed by atoms with E-state index in [9.17, 15) is 9.18 Å². The molecule has 0 aromatic heterocycles. The van der Waals surface area contributed by atoms with Crippen LogP contribution in [-0.2, 0) is 9.53 Å². The Morgan fingerprint density at radius 1 is 1.56 bits per heavy atom. The molecule has 3 atom stereocenters. The van der Waals surface area contributed by atoms with Crippen LogP contribution in [0.15, 0.2) is 0 Å². The lowest BCUT2D eigenvalue weighted by molar-refractivity contribution is -0.123. The largest absolute Gasteiger partial charge is 0.381 e. The first-order valence-electron chi connectivity index (χ1n) is 5.48. The third-order valence-electron chi connectivity index (χ3n) is 2.98. The molecule has 2 fully saturated rings. The quantitative estimate of drug-likeness (QED) is 0.758. The molecule has 0 radical (unpaired) electrons. The van der Waals surface area contributed by atoms with Crippen molar-refractivity contribution in [3.8, 4) is 0 Å². The van der Waals surface area contributed by atoms with E-state index in [0.29, 0.717) is 25.4 Å². The summed E-state index contributed by atoms with van der Waals surface area (Å²) in [5.41, 5.74) is 0. The Bertz CT molecular complexity index is 237. The van der Waals surface area contributed by atoms with Crippen LogP contribution in [0.5, 0.6) is 0 Å². The molecule has 0 spiro atoms. The maximum absolute atomic E-state index is 12.8. The Labute approximate surface area is 101 Å². The first-order chi connectivity index (χ1) is 7.25. The topological polar surface area (TPSA) is 50.4 Å². The Hall–Kier alpha value is -0.390. The van der Waals surface area contributed by atoms with Crippen LogP contribution >= 0.6 is 12.4 Å². The second-order valence-electron chi connectivity index (χ2n) is 4.27. The van der Waals surface area contributed by atoms with Gasteiger partial charge in [-0.15, -0.1) is 12.4 Å². The summed E-state index contributed by atoms with van der Waals surface area (Å²) in [5.74, 6) is 0.346. The lowest BCUT2D eigenvalue weighted by Gasteiger charge is -2.13. The van der Waals surface area contributed by atoms with Gasteiger partial charge in [0.05, 0.1) is 12.6 Å². The van der Waals surface area contributed by atoms with E-state index < -0.39 is 6.17 Å². The van der Waals surface area contributed by atoms with Crippen molar-refractivity contribution in [3.63, 3.8) is 0 Å². The second kappa shape index (κ2) is 6.37. The van der Waals surface area contributed by atoms with E-state index in [-0.39, 0.29) is 24.4 Å². The lowest BCUT2D eigenvalue weighted by Crippen LogP contribution is -2.42. The van der Waals surface area contributed by atoms with Crippen LogP contribution in [0.25, 0.3) is 0 Å². The smallest absolute Gasteiger partial charge is 0.237 e. The minimum atomic E-state index is -0.879. The minimum absolute atomic E-state index is 0. The van der Waals surface area contributed by atoms with Crippen LogP contribution in [0.2, 0.25) is 0 Å². The molecule has 2 heterocycles. The van der Waals surface area contributed by atoms with Crippen molar-refractivity contribution in [2.45, 2.75) is 25.1 Å². The molecule has 6 heteroatoms. The van der Waals surface area contributed by atoms with E-state index in [2.05, 4.69) is 10.6 Å². The first kappa shape index (κ1) is 13.7. The number of hydrogen-bond donors (Lipinski definition) is 2. The number of carbonyl (C=O) groups is 1. The standard InChI is InChI=1S/C10H17FN2O2.ClH/c11-8-3-9(12-5-8)10(14)13-4-7-1-2-15-6-7;/h7-9,12H,1-6H2,(H,13,14);1H/t7?,8-,9+;/m0./s1. The fourth-order valence-electron chi connectivity index (χ4n) is 2.00. The van der Waals surface area contributed by atoms with Gasteiger partial charge in [-0.2, -0.15) is 0 Å². The average Bonchev–Trinajstić information content (AvgIpc) is 2.84. The monoisotopic (exact) mass is 252 g/mol. The van der Waals surface area contributed by atoms with E-state index in [1.807, 2.05) is 0 Å². The van der Waals surface area contributed by atoms with Crippen molar-refractivity contribution in [1.82, 2.24) is 10.6 Å². The molecule has 1 unspecified atom stereocenters. The molecule has 0 saturated carbocycles. The maximum atomic E-state index is 12.8. The highest BCUT2D eigenvalue weighted by atomic mass is 35.5. The number of nitrogens with one attached hydrogen (secondary N) is 2. The second-order valence-corrected chi connectivity index (χ2v) is 4.27. The molecule has 16 heavy (non-hydrogen) atoms. The number of amides is 1. The number of carbonyl (C=O) groups excluding carboxylic acids is 1. The van der Waals surface area contributed by atoms with Crippen molar-refractivity contribution in [1.29, 1.82) is 0 Å². The zero-order valence-corrected chi connectivity index (χ0v) is 9.89. The highest BCUT2D eigenvalue weighted by Gasteiger charge is 2.29. The summed E-state index contributed by atoms with van der Waals surface area (Å²) in [4.78, 5) is 11.6. The van der Waals surface area contributed by atoms with E-state index in [4.69, 9.17) is 4.74 Å². The molecular formula is C10H18ClFN2O2. The Kier molecular flexibility index (Phi) is 5.44. The number of halogens is 2. The Balaban J connectivity index is 0.00000128. The average molecular weight is 253 g/mol. The summed E-state index contributed by atoms with van der Waals surface area (Å²) in [6.07, 6.45) is 0.424. The van der Waals surface area contributed by atoms with Crippen molar-refractivity contribution in [2.24, 2.45) is 5.92 Å². The fraction of sp³-hybridized carbons (Fsp3) is 0.900. The fourth-order valence-corrected chi connectivity index (χ4v) is 2.00. The molecule has 2 rings (SSSR count). The van der Waals surface area contributed by atoms with Crippen molar-refractivity contribution < 1.29 is 13.9 Å². The predicted octanol–water partition coefficient (Wildman–Crippen LogP) is 0.261. The van der Waals surface area contributed by atoms with E-state index in [0.717, 1.165) is 19.6 Å². The zero-order chi connectivity index (χ0) is 10.7. The van der Waals surface area contributed by atoms with E-state index in [1.54, 1.807) is 0 Å². The molecule has 2 saturated heterocycles. The van der Waals surface area contributed by atoms with Gasteiger partial charge in [-0.25, -0.2) is 4.39 Å². The molecule has 4 nitrogen and oxygen atoms in total. The molecule has 1 amide bonds. The van der Waals surface area contributed by atoms with Crippen molar-refractivity contribution in [2.75, 3.05) is 26.3 Å². The number of ether oxygens (including phenoxy) is 1. The summed E-state index contributed by atoms with van der Waals surface area (Å²) < 4.78 is 18.0. The third-order valence-corrected chi connectivity index (χ3v) is 2.98. The number of alkyl halides is 1. The van der Waals surface area contributed by atoms with Crippen molar-refractivity contribution in [3.05, 3.63) is 0 Å². The number of rotatable bonds is 3. The molecular weight excluding hydrogens is 235 g/mol. The first-order valence-corrected chi connectivity index (χ1v) is 5.48. The van der Waals surface area contributed by atoms with Gasteiger partial charge in [-0.1, -0.05) is 0 Å². The molecule has 0 aromatic rings. The third kappa shape index (κ3) is 3.57. The summed E-state index contributed by atoms with van der Waals surface area (Å²) in [5, 5.41) is 5.70. The van der Waals surface area contributed by atoms with Gasteiger partial charge in [0, 0.05) is 32.0 Å². The van der Waals surface area contributed by atoms with Gasteiger partial charge in [0.25, 0.3) is 0 Å². The van der Waals surface area contributed by atoms with Gasteiger partial charge < -0.3 is 15.4 Å². The van der Waals surface area contributed by atoms with E-state index >= 15 is 0 Å². The van der Waals surface area contributed by atoms with Gasteiger partial charge in [0.2, 0.25) is 5.91 Å². The minimum Gasteiger partial charge on any atom is -0.381 e. The van der Waals surface area contributed by atoms with Crippen LogP contribution in [-0.4, -0.2) is 44.4 Å². The highest BCUT2D eigenvalue weighted by molar-refractivity contribution is 5.85. The van der Waals surface area contributed by atoms with Crippen LogP contribution < -0.4 is 10.6 Å².